The van der Waals surface area contributed by atoms with E-state index in [0.717, 1.165) is 23.1 Å². The fraction of sp³-hybridized carbons (Fsp3) is 0.182. The highest BCUT2D eigenvalue weighted by atomic mass is 32.2. The van der Waals surface area contributed by atoms with Gasteiger partial charge in [-0.1, -0.05) is 11.8 Å². The molecule has 3 N–H and O–H groups in total. The summed E-state index contributed by atoms with van der Waals surface area (Å²) in [7, 11) is 1.58. The van der Waals surface area contributed by atoms with Crippen LogP contribution in [0.15, 0.2) is 29.4 Å². The molecular weight excluding hydrogens is 268 g/mol. The number of aromatic nitrogens is 3. The van der Waals surface area contributed by atoms with Crippen LogP contribution in [0.3, 0.4) is 0 Å². The summed E-state index contributed by atoms with van der Waals surface area (Å²) in [5.74, 6) is 5.99. The lowest BCUT2D eigenvalue weighted by molar-refractivity contribution is -0.133. The molecule has 0 fully saturated rings. The third kappa shape index (κ3) is 2.97. The third-order valence-electron chi connectivity index (χ3n) is 2.34. The molecule has 0 aliphatic heterocycles. The van der Waals surface area contributed by atoms with E-state index in [4.69, 9.17) is 15.7 Å². The Hall–Kier alpha value is -2.22. The van der Waals surface area contributed by atoms with Gasteiger partial charge in [-0.25, -0.2) is 4.68 Å². The number of nitrogen functional groups attached to an aromatic ring is 1. The summed E-state index contributed by atoms with van der Waals surface area (Å²) < 4.78 is 6.34. The Kier molecular flexibility index (Phi) is 3.91. The number of rotatable bonds is 5. The van der Waals surface area contributed by atoms with Crippen LogP contribution >= 0.6 is 11.8 Å². The second kappa shape index (κ2) is 5.61. The van der Waals surface area contributed by atoms with Crippen LogP contribution in [-0.2, 0) is 4.79 Å². The number of carboxylic acids is 1. The summed E-state index contributed by atoms with van der Waals surface area (Å²) in [6.07, 6.45) is 0. The predicted molar refractivity (Wildman–Crippen MR) is 70.5 cm³/mol. The highest BCUT2D eigenvalue weighted by Crippen LogP contribution is 2.23. The number of benzene rings is 1. The van der Waals surface area contributed by atoms with E-state index in [-0.39, 0.29) is 5.75 Å². The van der Waals surface area contributed by atoms with Gasteiger partial charge in [-0.15, -0.1) is 10.2 Å². The number of ether oxygens (including phenoxy) is 1. The van der Waals surface area contributed by atoms with E-state index in [9.17, 15) is 4.79 Å². The number of nitrogens with two attached hydrogens (primary N) is 1. The molecule has 100 valence electrons. The average Bonchev–Trinajstić information content (AvgIpc) is 2.78. The zero-order chi connectivity index (χ0) is 13.8. The SMILES string of the molecule is COc1ccc(-c2nnc(SCC(=O)O)n2N)cc1. The number of hydrogen-bond acceptors (Lipinski definition) is 6. The molecule has 8 heteroatoms. The third-order valence-corrected chi connectivity index (χ3v) is 3.27. The van der Waals surface area contributed by atoms with Crippen LogP contribution in [0.1, 0.15) is 0 Å². The highest BCUT2D eigenvalue weighted by Gasteiger charge is 2.13. The van der Waals surface area contributed by atoms with Gasteiger partial charge in [0.05, 0.1) is 12.9 Å². The van der Waals surface area contributed by atoms with E-state index in [1.54, 1.807) is 31.4 Å². The maximum absolute atomic E-state index is 10.5. The quantitative estimate of drug-likeness (QED) is 0.618. The smallest absolute Gasteiger partial charge is 0.313 e. The van der Waals surface area contributed by atoms with E-state index in [1.807, 2.05) is 0 Å². The minimum Gasteiger partial charge on any atom is -0.497 e. The number of methoxy groups -OCH3 is 1. The molecule has 2 aromatic rings. The van der Waals surface area contributed by atoms with Gasteiger partial charge in [0.25, 0.3) is 0 Å². The van der Waals surface area contributed by atoms with Crippen molar-refractivity contribution in [3.8, 4) is 17.1 Å². The monoisotopic (exact) mass is 280 g/mol. The van der Waals surface area contributed by atoms with Crippen molar-refractivity contribution in [3.05, 3.63) is 24.3 Å². The molecule has 0 amide bonds. The van der Waals surface area contributed by atoms with Crippen molar-refractivity contribution in [1.29, 1.82) is 0 Å². The lowest BCUT2D eigenvalue weighted by atomic mass is 10.2. The van der Waals surface area contributed by atoms with Crippen LogP contribution in [0.5, 0.6) is 5.75 Å². The maximum Gasteiger partial charge on any atom is 0.313 e. The van der Waals surface area contributed by atoms with E-state index < -0.39 is 5.97 Å². The van der Waals surface area contributed by atoms with E-state index >= 15 is 0 Å². The minimum atomic E-state index is -0.931. The molecule has 0 spiro atoms. The van der Waals surface area contributed by atoms with E-state index in [1.165, 1.54) is 4.68 Å². The van der Waals surface area contributed by atoms with Crippen molar-refractivity contribution < 1.29 is 14.6 Å². The standard InChI is InChI=1S/C11H12N4O3S/c1-18-8-4-2-7(3-5-8)10-13-14-11(15(10)12)19-6-9(16)17/h2-5H,6,12H2,1H3,(H,16,17). The van der Waals surface area contributed by atoms with Crippen LogP contribution < -0.4 is 10.6 Å². The summed E-state index contributed by atoms with van der Waals surface area (Å²) in [4.78, 5) is 10.5. The minimum absolute atomic E-state index is 0.113. The lowest BCUT2D eigenvalue weighted by Crippen LogP contribution is -2.12. The number of carbonyl (C=O) groups is 1. The average molecular weight is 280 g/mol. The Morgan fingerprint density at radius 3 is 2.68 bits per heavy atom. The summed E-state index contributed by atoms with van der Waals surface area (Å²) in [5, 5.41) is 16.8. The van der Waals surface area contributed by atoms with Crippen molar-refractivity contribution in [3.63, 3.8) is 0 Å². The Labute approximate surface area is 113 Å². The molecular formula is C11H12N4O3S. The molecule has 0 aliphatic carbocycles. The number of aliphatic carboxylic acids is 1. The Morgan fingerprint density at radius 2 is 2.11 bits per heavy atom. The van der Waals surface area contributed by atoms with Crippen LogP contribution in [0.2, 0.25) is 0 Å². The topological polar surface area (TPSA) is 103 Å². The molecule has 0 atom stereocenters. The molecule has 2 rings (SSSR count). The van der Waals surface area contributed by atoms with Gasteiger partial charge in [0.15, 0.2) is 5.82 Å². The Bertz CT molecular complexity index is 582. The largest absolute Gasteiger partial charge is 0.497 e. The van der Waals surface area contributed by atoms with Gasteiger partial charge in [-0.2, -0.15) is 0 Å². The molecule has 0 radical (unpaired) electrons. The summed E-state index contributed by atoms with van der Waals surface area (Å²) in [6.45, 7) is 0. The molecule has 1 heterocycles. The Balaban J connectivity index is 2.22. The van der Waals surface area contributed by atoms with Gasteiger partial charge in [0.2, 0.25) is 5.16 Å². The van der Waals surface area contributed by atoms with Gasteiger partial charge in [0, 0.05) is 5.56 Å². The first-order valence-electron chi connectivity index (χ1n) is 5.31. The Morgan fingerprint density at radius 1 is 1.42 bits per heavy atom. The molecule has 0 aliphatic rings. The van der Waals surface area contributed by atoms with Crippen LogP contribution in [0, 0.1) is 0 Å². The van der Waals surface area contributed by atoms with E-state index in [0.29, 0.717) is 11.0 Å². The zero-order valence-corrected chi connectivity index (χ0v) is 10.9. The number of carboxylic acid groups (broad SMARTS) is 1. The second-order valence-corrected chi connectivity index (χ2v) is 4.53. The number of nitrogens with zero attached hydrogens (tertiary/aromatic N) is 3. The van der Waals surface area contributed by atoms with Gasteiger partial charge in [0.1, 0.15) is 5.75 Å². The van der Waals surface area contributed by atoms with Crippen LogP contribution in [0.25, 0.3) is 11.4 Å². The normalized spacial score (nSPS) is 10.4. The van der Waals surface area contributed by atoms with Crippen molar-refractivity contribution >= 4 is 17.7 Å². The van der Waals surface area contributed by atoms with Crippen LogP contribution in [0.4, 0.5) is 0 Å². The first-order valence-corrected chi connectivity index (χ1v) is 6.30. The highest BCUT2D eigenvalue weighted by molar-refractivity contribution is 7.99. The van der Waals surface area contributed by atoms with Crippen LogP contribution in [-0.4, -0.2) is 38.8 Å². The molecule has 0 saturated carbocycles. The molecule has 0 saturated heterocycles. The first kappa shape index (κ1) is 13.2. The maximum atomic E-state index is 10.5. The van der Waals surface area contributed by atoms with Gasteiger partial charge in [-0.3, -0.25) is 4.79 Å². The summed E-state index contributed by atoms with van der Waals surface area (Å²) >= 11 is 1.02. The summed E-state index contributed by atoms with van der Waals surface area (Å²) in [5.41, 5.74) is 0.776. The van der Waals surface area contributed by atoms with Gasteiger partial charge < -0.3 is 15.7 Å². The van der Waals surface area contributed by atoms with Gasteiger partial charge >= 0.3 is 5.97 Å². The second-order valence-electron chi connectivity index (χ2n) is 3.59. The van der Waals surface area contributed by atoms with E-state index in [2.05, 4.69) is 10.2 Å². The molecule has 1 aromatic carbocycles. The molecule has 0 unspecified atom stereocenters. The molecule has 0 bridgehead atoms. The molecule has 19 heavy (non-hydrogen) atoms. The predicted octanol–water partition coefficient (Wildman–Crippen LogP) is 0.844. The number of thioether (sulfide) groups is 1. The molecule has 7 nitrogen and oxygen atoms in total. The number of hydrogen-bond donors (Lipinski definition) is 2. The zero-order valence-electron chi connectivity index (χ0n) is 10.1. The van der Waals surface area contributed by atoms with Crippen molar-refractivity contribution in [2.24, 2.45) is 0 Å². The fourth-order valence-electron chi connectivity index (χ4n) is 1.44. The lowest BCUT2D eigenvalue weighted by Gasteiger charge is -2.04. The van der Waals surface area contributed by atoms with Crippen molar-refractivity contribution in [1.82, 2.24) is 14.9 Å². The first-order chi connectivity index (χ1) is 9.11. The fourth-order valence-corrected chi connectivity index (χ4v) is 2.02. The molecule has 1 aromatic heterocycles. The van der Waals surface area contributed by atoms with Crippen molar-refractivity contribution in [2.75, 3.05) is 18.7 Å². The summed E-state index contributed by atoms with van der Waals surface area (Å²) in [6, 6.07) is 7.18. The van der Waals surface area contributed by atoms with Crippen molar-refractivity contribution in [2.45, 2.75) is 5.16 Å². The van der Waals surface area contributed by atoms with Gasteiger partial charge in [-0.05, 0) is 24.3 Å².